The van der Waals surface area contributed by atoms with Crippen molar-refractivity contribution in [3.8, 4) is 11.3 Å². The molecule has 1 atom stereocenters. The summed E-state index contributed by atoms with van der Waals surface area (Å²) >= 11 is 0. The maximum atomic E-state index is 10.0. The van der Waals surface area contributed by atoms with Crippen LogP contribution in [0, 0.1) is 6.92 Å². The standard InChI is InChI=1S/C17H17N2O.ClH/c1-12-8-9-15-17(10-12)19(13(2)20)11-16(18-15)14-6-4-3-5-7-14;/h3-11,13,20H,1-2H3;1H/q+1;/p-1. The topological polar surface area (TPSA) is 37.0 Å². The third kappa shape index (κ3) is 3.04. The minimum absolute atomic E-state index is 0. The van der Waals surface area contributed by atoms with Gasteiger partial charge in [-0.25, -0.2) is 4.98 Å². The van der Waals surface area contributed by atoms with Gasteiger partial charge in [0, 0.05) is 18.6 Å². The number of aryl methyl sites for hydroxylation is 1. The van der Waals surface area contributed by atoms with Crippen molar-refractivity contribution in [1.82, 2.24) is 4.98 Å². The molecule has 3 nitrogen and oxygen atoms in total. The predicted molar refractivity (Wildman–Crippen MR) is 79.0 cm³/mol. The van der Waals surface area contributed by atoms with Crippen LogP contribution in [-0.2, 0) is 0 Å². The van der Waals surface area contributed by atoms with Gasteiger partial charge in [-0.1, -0.05) is 36.4 Å². The zero-order valence-electron chi connectivity index (χ0n) is 12.0. The maximum absolute atomic E-state index is 10.0. The zero-order valence-corrected chi connectivity index (χ0v) is 12.7. The Labute approximate surface area is 130 Å². The van der Waals surface area contributed by atoms with Crippen molar-refractivity contribution >= 4 is 11.0 Å². The minimum atomic E-state index is -0.593. The van der Waals surface area contributed by atoms with Crippen LogP contribution in [0.5, 0.6) is 0 Å². The number of benzene rings is 2. The number of aromatic nitrogens is 2. The Bertz CT molecular complexity index is 757. The Kier molecular flexibility index (Phi) is 4.56. The van der Waals surface area contributed by atoms with Gasteiger partial charge in [-0.05, 0) is 18.6 Å². The molecule has 3 rings (SSSR count). The van der Waals surface area contributed by atoms with E-state index in [9.17, 15) is 5.11 Å². The number of hydrogen-bond donors (Lipinski definition) is 1. The number of rotatable bonds is 2. The molecule has 2 aromatic carbocycles. The van der Waals surface area contributed by atoms with Crippen LogP contribution in [0.15, 0.2) is 54.7 Å². The van der Waals surface area contributed by atoms with E-state index in [0.29, 0.717) is 0 Å². The molecule has 0 radical (unpaired) electrons. The number of halogens is 1. The van der Waals surface area contributed by atoms with Crippen molar-refractivity contribution in [2.45, 2.75) is 20.1 Å². The average molecular weight is 301 g/mol. The normalized spacial score (nSPS) is 12.0. The molecule has 3 aromatic rings. The summed E-state index contributed by atoms with van der Waals surface area (Å²) in [4.78, 5) is 4.70. The molecule has 0 fully saturated rings. The van der Waals surface area contributed by atoms with Crippen LogP contribution in [0.2, 0.25) is 0 Å². The van der Waals surface area contributed by atoms with Crippen molar-refractivity contribution in [3.63, 3.8) is 0 Å². The Balaban J connectivity index is 0.00000161. The van der Waals surface area contributed by atoms with Crippen LogP contribution in [0.1, 0.15) is 18.7 Å². The summed E-state index contributed by atoms with van der Waals surface area (Å²) in [6, 6.07) is 16.1. The lowest BCUT2D eigenvalue weighted by molar-refractivity contribution is -0.733. The molecule has 0 bridgehead atoms. The first kappa shape index (κ1) is 15.4. The second-order valence-corrected chi connectivity index (χ2v) is 5.02. The van der Waals surface area contributed by atoms with Crippen LogP contribution >= 0.6 is 0 Å². The quantitative estimate of drug-likeness (QED) is 0.677. The van der Waals surface area contributed by atoms with E-state index in [1.165, 1.54) is 0 Å². The summed E-state index contributed by atoms with van der Waals surface area (Å²) in [5.74, 6) is 0. The molecule has 21 heavy (non-hydrogen) atoms. The van der Waals surface area contributed by atoms with Crippen molar-refractivity contribution in [3.05, 3.63) is 60.3 Å². The van der Waals surface area contributed by atoms with Crippen molar-refractivity contribution in [2.24, 2.45) is 0 Å². The number of fused-ring (bicyclic) bond motifs is 1. The van der Waals surface area contributed by atoms with Gasteiger partial charge in [-0.3, -0.25) is 0 Å². The molecule has 0 aliphatic carbocycles. The summed E-state index contributed by atoms with van der Waals surface area (Å²) in [7, 11) is 0. The first-order valence-corrected chi connectivity index (χ1v) is 6.71. The van der Waals surface area contributed by atoms with Crippen molar-refractivity contribution in [1.29, 1.82) is 0 Å². The van der Waals surface area contributed by atoms with E-state index in [1.54, 1.807) is 6.92 Å². The second-order valence-electron chi connectivity index (χ2n) is 5.02. The van der Waals surface area contributed by atoms with E-state index in [0.717, 1.165) is 27.9 Å². The number of hydrogen-bond acceptors (Lipinski definition) is 2. The Morgan fingerprint density at radius 2 is 1.81 bits per heavy atom. The lowest BCUT2D eigenvalue weighted by atomic mass is 10.1. The molecule has 1 N–H and O–H groups in total. The molecule has 1 heterocycles. The van der Waals surface area contributed by atoms with E-state index in [4.69, 9.17) is 4.98 Å². The first-order valence-electron chi connectivity index (χ1n) is 6.71. The third-order valence-corrected chi connectivity index (χ3v) is 3.38. The predicted octanol–water partition coefficient (Wildman–Crippen LogP) is 0.0125. The van der Waals surface area contributed by atoms with E-state index >= 15 is 0 Å². The third-order valence-electron chi connectivity index (χ3n) is 3.38. The number of aliphatic hydroxyl groups is 1. The smallest absolute Gasteiger partial charge is 0.257 e. The highest BCUT2D eigenvalue weighted by atomic mass is 35.5. The van der Waals surface area contributed by atoms with Crippen LogP contribution in [0.25, 0.3) is 22.3 Å². The van der Waals surface area contributed by atoms with Crippen LogP contribution in [0.4, 0.5) is 0 Å². The second kappa shape index (κ2) is 6.20. The highest BCUT2D eigenvalue weighted by Gasteiger charge is 2.18. The molecule has 1 aromatic heterocycles. The summed E-state index contributed by atoms with van der Waals surface area (Å²) in [5.41, 5.74) is 4.89. The van der Waals surface area contributed by atoms with E-state index in [2.05, 4.69) is 0 Å². The monoisotopic (exact) mass is 300 g/mol. The van der Waals surface area contributed by atoms with Gasteiger partial charge in [0.15, 0.2) is 6.20 Å². The van der Waals surface area contributed by atoms with Crippen molar-refractivity contribution < 1.29 is 22.1 Å². The van der Waals surface area contributed by atoms with E-state index in [1.807, 2.05) is 66.2 Å². The molecule has 0 amide bonds. The largest absolute Gasteiger partial charge is 1.00 e. The Morgan fingerprint density at radius 1 is 1.10 bits per heavy atom. The van der Waals surface area contributed by atoms with Crippen LogP contribution in [0.3, 0.4) is 0 Å². The highest BCUT2D eigenvalue weighted by molar-refractivity contribution is 5.74. The fourth-order valence-electron chi connectivity index (χ4n) is 2.35. The average Bonchev–Trinajstić information content (AvgIpc) is 2.47. The molecule has 0 aliphatic rings. The summed E-state index contributed by atoms with van der Waals surface area (Å²) < 4.78 is 1.86. The van der Waals surface area contributed by atoms with Crippen LogP contribution < -0.4 is 17.0 Å². The summed E-state index contributed by atoms with van der Waals surface area (Å²) in [6.45, 7) is 3.80. The molecule has 108 valence electrons. The molecule has 0 saturated carbocycles. The van der Waals surface area contributed by atoms with Gasteiger partial charge in [0.25, 0.3) is 6.23 Å². The lowest BCUT2D eigenvalue weighted by Crippen LogP contribution is -3.00. The minimum Gasteiger partial charge on any atom is -1.00 e. The molecule has 1 unspecified atom stereocenters. The summed E-state index contributed by atoms with van der Waals surface area (Å²) in [5, 5.41) is 10.0. The van der Waals surface area contributed by atoms with E-state index < -0.39 is 6.23 Å². The number of nitrogens with zero attached hydrogens (tertiary/aromatic N) is 2. The van der Waals surface area contributed by atoms with Crippen LogP contribution in [-0.4, -0.2) is 10.1 Å². The summed E-state index contributed by atoms with van der Waals surface area (Å²) in [6.07, 6.45) is 1.31. The zero-order chi connectivity index (χ0) is 14.1. The van der Waals surface area contributed by atoms with Gasteiger partial charge in [0.1, 0.15) is 11.2 Å². The molecule has 0 saturated heterocycles. The lowest BCUT2D eigenvalue weighted by Gasteiger charge is -2.07. The highest BCUT2D eigenvalue weighted by Crippen LogP contribution is 2.19. The van der Waals surface area contributed by atoms with Gasteiger partial charge in [0.2, 0.25) is 5.52 Å². The van der Waals surface area contributed by atoms with Gasteiger partial charge in [0.05, 0.1) is 0 Å². The molecular formula is C17H17ClN2O. The molecular weight excluding hydrogens is 284 g/mol. The van der Waals surface area contributed by atoms with Gasteiger partial charge in [-0.15, -0.1) is 0 Å². The van der Waals surface area contributed by atoms with E-state index in [-0.39, 0.29) is 12.4 Å². The van der Waals surface area contributed by atoms with Gasteiger partial charge >= 0.3 is 0 Å². The fraction of sp³-hybridized carbons (Fsp3) is 0.176. The SMILES string of the molecule is Cc1ccc2nc(-c3ccccc3)c[n+](C(C)O)c2c1.[Cl-]. The van der Waals surface area contributed by atoms with Gasteiger partial charge in [-0.2, -0.15) is 4.57 Å². The molecule has 4 heteroatoms. The number of aliphatic hydroxyl groups excluding tert-OH is 1. The Morgan fingerprint density at radius 3 is 2.48 bits per heavy atom. The maximum Gasteiger partial charge on any atom is 0.257 e. The van der Waals surface area contributed by atoms with Gasteiger partial charge < -0.3 is 17.5 Å². The van der Waals surface area contributed by atoms with Crippen molar-refractivity contribution in [2.75, 3.05) is 0 Å². The Hall–Kier alpha value is -1.97. The first-order chi connectivity index (χ1) is 9.65. The fourth-order valence-corrected chi connectivity index (χ4v) is 2.35. The molecule has 0 aliphatic heterocycles. The molecule has 0 spiro atoms.